The largest absolute Gasteiger partial charge is 0.493 e. The van der Waals surface area contributed by atoms with Gasteiger partial charge in [-0.05, 0) is 25.5 Å². The first-order chi connectivity index (χ1) is 11.5. The molecule has 8 heteroatoms. The van der Waals surface area contributed by atoms with Crippen LogP contribution in [-0.4, -0.2) is 50.0 Å². The summed E-state index contributed by atoms with van der Waals surface area (Å²) in [5.74, 6) is -1.48. The monoisotopic (exact) mass is 357 g/mol. The van der Waals surface area contributed by atoms with Crippen molar-refractivity contribution < 1.29 is 28.9 Å². The lowest BCUT2D eigenvalue weighted by molar-refractivity contribution is -0.147. The van der Waals surface area contributed by atoms with E-state index >= 15 is 0 Å². The second-order valence-electron chi connectivity index (χ2n) is 5.31. The zero-order valence-electron chi connectivity index (χ0n) is 13.5. The molecule has 2 atom stereocenters. The molecule has 24 heavy (non-hydrogen) atoms. The average molecular weight is 358 g/mol. The molecule has 0 spiro atoms. The second kappa shape index (κ2) is 8.21. The summed E-state index contributed by atoms with van der Waals surface area (Å²) in [6.07, 6.45) is 0.435. The van der Waals surface area contributed by atoms with E-state index in [1.54, 1.807) is 0 Å². The molecule has 7 nitrogen and oxygen atoms in total. The molecule has 0 saturated carbocycles. The molecule has 0 aromatic heterocycles. The topological polar surface area (TPSA) is 94.1 Å². The molecule has 1 aliphatic heterocycles. The van der Waals surface area contributed by atoms with Crippen LogP contribution in [0.1, 0.15) is 23.7 Å². The van der Waals surface area contributed by atoms with Crippen LogP contribution in [0.5, 0.6) is 11.5 Å². The van der Waals surface area contributed by atoms with Crippen molar-refractivity contribution in [3.8, 4) is 11.5 Å². The fourth-order valence-electron chi connectivity index (χ4n) is 2.54. The summed E-state index contributed by atoms with van der Waals surface area (Å²) in [5, 5.41) is 12.2. The molecule has 2 N–H and O–H groups in total. The van der Waals surface area contributed by atoms with Crippen LogP contribution >= 0.6 is 11.6 Å². The minimum atomic E-state index is -0.998. The van der Waals surface area contributed by atoms with E-state index in [-0.39, 0.29) is 17.2 Å². The van der Waals surface area contributed by atoms with Gasteiger partial charge in [-0.15, -0.1) is 0 Å². The predicted molar refractivity (Wildman–Crippen MR) is 87.0 cm³/mol. The first-order valence-corrected chi connectivity index (χ1v) is 7.97. The van der Waals surface area contributed by atoms with Crippen molar-refractivity contribution >= 4 is 23.5 Å². The van der Waals surface area contributed by atoms with Gasteiger partial charge in [0.25, 0.3) is 5.91 Å². The summed E-state index contributed by atoms with van der Waals surface area (Å²) >= 11 is 6.16. The van der Waals surface area contributed by atoms with Gasteiger partial charge < -0.3 is 24.6 Å². The number of ether oxygens (including phenoxy) is 3. The number of carbonyl (C=O) groups is 2. The lowest BCUT2D eigenvalue weighted by atomic mass is 9.95. The maximum absolute atomic E-state index is 12.5. The van der Waals surface area contributed by atoms with Crippen molar-refractivity contribution in [3.05, 3.63) is 22.7 Å². The number of benzene rings is 1. The number of carboxylic acids is 1. The summed E-state index contributed by atoms with van der Waals surface area (Å²) in [5.41, 5.74) is 0.274. The normalized spacial score (nSPS) is 20.3. The van der Waals surface area contributed by atoms with Gasteiger partial charge in [0.1, 0.15) is 5.92 Å². The Morgan fingerprint density at radius 2 is 2.21 bits per heavy atom. The van der Waals surface area contributed by atoms with Crippen molar-refractivity contribution in [1.29, 1.82) is 0 Å². The highest BCUT2D eigenvalue weighted by atomic mass is 35.5. The van der Waals surface area contributed by atoms with Crippen LogP contribution in [0.4, 0.5) is 0 Å². The van der Waals surface area contributed by atoms with Gasteiger partial charge in [0.15, 0.2) is 11.5 Å². The quantitative estimate of drug-likeness (QED) is 0.808. The fourth-order valence-corrected chi connectivity index (χ4v) is 2.81. The first-order valence-electron chi connectivity index (χ1n) is 7.59. The summed E-state index contributed by atoms with van der Waals surface area (Å²) in [4.78, 5) is 23.7. The van der Waals surface area contributed by atoms with Crippen molar-refractivity contribution in [2.75, 3.05) is 26.9 Å². The predicted octanol–water partition coefficient (Wildman–Crippen LogP) is 1.97. The molecule has 0 unspecified atom stereocenters. The van der Waals surface area contributed by atoms with E-state index < -0.39 is 23.8 Å². The Labute approximate surface area is 144 Å². The van der Waals surface area contributed by atoms with E-state index in [0.29, 0.717) is 31.1 Å². The van der Waals surface area contributed by atoms with Crippen molar-refractivity contribution in [3.63, 3.8) is 0 Å². The third kappa shape index (κ3) is 4.10. The van der Waals surface area contributed by atoms with Crippen molar-refractivity contribution in [2.45, 2.75) is 19.4 Å². The van der Waals surface area contributed by atoms with Gasteiger partial charge in [-0.25, -0.2) is 0 Å². The van der Waals surface area contributed by atoms with Crippen LogP contribution in [0.3, 0.4) is 0 Å². The molecule has 132 valence electrons. The Balaban J connectivity index is 2.20. The van der Waals surface area contributed by atoms with E-state index in [4.69, 9.17) is 25.8 Å². The lowest BCUT2D eigenvalue weighted by Crippen LogP contribution is -2.48. The van der Waals surface area contributed by atoms with Gasteiger partial charge >= 0.3 is 5.97 Å². The van der Waals surface area contributed by atoms with Gasteiger partial charge in [-0.1, -0.05) is 11.6 Å². The molecule has 1 saturated heterocycles. The Morgan fingerprint density at radius 3 is 2.83 bits per heavy atom. The third-order valence-corrected chi connectivity index (χ3v) is 4.05. The lowest BCUT2D eigenvalue weighted by Gasteiger charge is -2.29. The number of amides is 1. The molecule has 0 radical (unpaired) electrons. The van der Waals surface area contributed by atoms with Crippen molar-refractivity contribution in [1.82, 2.24) is 5.32 Å². The van der Waals surface area contributed by atoms with Gasteiger partial charge in [0, 0.05) is 18.2 Å². The number of aliphatic carboxylic acids is 1. The van der Waals surface area contributed by atoms with Crippen molar-refractivity contribution in [2.24, 2.45) is 5.92 Å². The highest BCUT2D eigenvalue weighted by Gasteiger charge is 2.33. The molecule has 0 bridgehead atoms. The summed E-state index contributed by atoms with van der Waals surface area (Å²) in [7, 11) is 1.45. The molecule has 1 aromatic rings. The SMILES string of the molecule is CCOc1c(Cl)cc(C(=O)N[C@@H]2CCOC[C@@H]2C(=O)O)cc1OC. The van der Waals surface area contributed by atoms with Crippen LogP contribution in [0.15, 0.2) is 12.1 Å². The number of rotatable bonds is 6. The molecular formula is C16H20ClNO6. The molecule has 0 aliphatic carbocycles. The molecule has 1 amide bonds. The molecule has 1 fully saturated rings. The minimum Gasteiger partial charge on any atom is -0.493 e. The molecule has 1 aliphatic rings. The maximum Gasteiger partial charge on any atom is 0.310 e. The van der Waals surface area contributed by atoms with E-state index in [0.717, 1.165) is 0 Å². The molecule has 2 rings (SSSR count). The average Bonchev–Trinajstić information content (AvgIpc) is 2.56. The first kappa shape index (κ1) is 18.4. The Hall–Kier alpha value is -1.99. The number of carbonyl (C=O) groups excluding carboxylic acids is 1. The number of hydrogen-bond acceptors (Lipinski definition) is 5. The minimum absolute atomic E-state index is 0.0770. The highest BCUT2D eigenvalue weighted by Crippen LogP contribution is 2.36. The van der Waals surface area contributed by atoms with Gasteiger partial charge in [-0.3, -0.25) is 9.59 Å². The Bertz CT molecular complexity index is 621. The smallest absolute Gasteiger partial charge is 0.310 e. The highest BCUT2D eigenvalue weighted by molar-refractivity contribution is 6.32. The molecule has 1 aromatic carbocycles. The van der Waals surface area contributed by atoms with Crippen LogP contribution in [0, 0.1) is 5.92 Å². The van der Waals surface area contributed by atoms with E-state index in [1.165, 1.54) is 19.2 Å². The van der Waals surface area contributed by atoms with Gasteiger partial charge in [-0.2, -0.15) is 0 Å². The number of hydrogen-bond donors (Lipinski definition) is 2. The second-order valence-corrected chi connectivity index (χ2v) is 5.72. The van der Waals surface area contributed by atoms with Gasteiger partial charge in [0.2, 0.25) is 0 Å². The zero-order valence-corrected chi connectivity index (χ0v) is 14.3. The Kier molecular flexibility index (Phi) is 6.28. The van der Waals surface area contributed by atoms with Crippen LogP contribution in [0.2, 0.25) is 5.02 Å². The van der Waals surface area contributed by atoms with E-state index in [2.05, 4.69) is 5.32 Å². The summed E-state index contributed by atoms with van der Waals surface area (Å²) in [6, 6.07) is 2.49. The molecular weight excluding hydrogens is 338 g/mol. The third-order valence-electron chi connectivity index (χ3n) is 3.77. The van der Waals surface area contributed by atoms with Crippen LogP contribution < -0.4 is 14.8 Å². The molecule has 1 heterocycles. The number of nitrogens with one attached hydrogen (secondary N) is 1. The zero-order chi connectivity index (χ0) is 17.7. The van der Waals surface area contributed by atoms with Crippen LogP contribution in [0.25, 0.3) is 0 Å². The number of halogens is 1. The Morgan fingerprint density at radius 1 is 1.46 bits per heavy atom. The van der Waals surface area contributed by atoms with E-state index in [1.807, 2.05) is 6.92 Å². The summed E-state index contributed by atoms with van der Waals surface area (Å²) in [6.45, 7) is 2.70. The van der Waals surface area contributed by atoms with E-state index in [9.17, 15) is 14.7 Å². The summed E-state index contributed by atoms with van der Waals surface area (Å²) < 4.78 is 15.8. The fraction of sp³-hybridized carbons (Fsp3) is 0.500. The maximum atomic E-state index is 12.5. The number of carboxylic acid groups (broad SMARTS) is 1. The number of methoxy groups -OCH3 is 1. The van der Waals surface area contributed by atoms with Crippen LogP contribution in [-0.2, 0) is 9.53 Å². The van der Waals surface area contributed by atoms with Gasteiger partial charge in [0.05, 0.1) is 25.3 Å². The standard InChI is InChI=1S/C16H20ClNO6/c1-3-24-14-11(17)6-9(7-13(14)22-2)15(19)18-12-4-5-23-8-10(12)16(20)21/h6-7,10,12H,3-5,8H2,1-2H3,(H,18,19)(H,20,21)/t10-,12+/m0/s1.